The van der Waals surface area contributed by atoms with Crippen LogP contribution in [0.5, 0.6) is 0 Å². The highest BCUT2D eigenvalue weighted by molar-refractivity contribution is 5.67. The molecule has 0 heterocycles. The molecule has 1 radical (unpaired) electrons. The third-order valence-electron chi connectivity index (χ3n) is 2.31. The Hall–Kier alpha value is -2.67. The van der Waals surface area contributed by atoms with E-state index in [9.17, 15) is 10.1 Å². The molecule has 81 valence electrons. The Balaban J connectivity index is 2.49. The van der Waals surface area contributed by atoms with E-state index in [-0.39, 0.29) is 5.69 Å². The van der Waals surface area contributed by atoms with Gasteiger partial charge in [-0.2, -0.15) is 5.26 Å². The number of nitrogens with zero attached hydrogens (tertiary/aromatic N) is 2. The molecule has 2 aromatic rings. The van der Waals surface area contributed by atoms with E-state index in [0.29, 0.717) is 11.1 Å². The molecule has 0 aliphatic rings. The first-order valence-electron chi connectivity index (χ1n) is 4.87. The fourth-order valence-corrected chi connectivity index (χ4v) is 1.51. The predicted octanol–water partition coefficient (Wildman–Crippen LogP) is 2.93. The van der Waals surface area contributed by atoms with Crippen LogP contribution >= 0.6 is 0 Å². The highest BCUT2D eigenvalue weighted by Crippen LogP contribution is 2.23. The van der Waals surface area contributed by atoms with Gasteiger partial charge >= 0.3 is 0 Å². The summed E-state index contributed by atoms with van der Waals surface area (Å²) in [4.78, 5) is 10.1. The van der Waals surface area contributed by atoms with Crippen molar-refractivity contribution in [3.63, 3.8) is 0 Å². The molecule has 0 bridgehead atoms. The van der Waals surface area contributed by atoms with Crippen LogP contribution in [0.3, 0.4) is 0 Å². The highest BCUT2D eigenvalue weighted by atomic mass is 16.6. The van der Waals surface area contributed by atoms with Gasteiger partial charge < -0.3 is 0 Å². The largest absolute Gasteiger partial charge is 0.278 e. The minimum atomic E-state index is -0.488. The third-order valence-corrected chi connectivity index (χ3v) is 2.31. The topological polar surface area (TPSA) is 66.9 Å². The molecular weight excluding hydrogens is 216 g/mol. The Morgan fingerprint density at radius 2 is 2.00 bits per heavy atom. The summed E-state index contributed by atoms with van der Waals surface area (Å²) in [7, 11) is 0. The van der Waals surface area contributed by atoms with Crippen molar-refractivity contribution in [2.75, 3.05) is 0 Å². The number of nitro groups is 1. The van der Waals surface area contributed by atoms with Gasteiger partial charge in [-0.15, -0.1) is 0 Å². The van der Waals surface area contributed by atoms with Gasteiger partial charge in [0, 0.05) is 6.07 Å². The maximum absolute atomic E-state index is 10.6. The number of nitro benzene ring substituents is 1. The molecule has 0 aliphatic carbocycles. The Labute approximate surface area is 97.9 Å². The van der Waals surface area contributed by atoms with E-state index in [1.165, 1.54) is 12.1 Å². The summed E-state index contributed by atoms with van der Waals surface area (Å²) in [5.41, 5.74) is 1.93. The molecule has 4 nitrogen and oxygen atoms in total. The van der Waals surface area contributed by atoms with E-state index in [1.54, 1.807) is 30.3 Å². The van der Waals surface area contributed by atoms with E-state index >= 15 is 0 Å². The van der Waals surface area contributed by atoms with E-state index < -0.39 is 4.92 Å². The van der Waals surface area contributed by atoms with Crippen LogP contribution in [0.2, 0.25) is 0 Å². The SMILES string of the molecule is N#Cc1cccc(-c2cc[c]c([N+](=O)[O-])c2)c1. The summed E-state index contributed by atoms with van der Waals surface area (Å²) in [5.74, 6) is 0. The zero-order valence-corrected chi connectivity index (χ0v) is 8.75. The molecule has 2 rings (SSSR count). The van der Waals surface area contributed by atoms with Crippen molar-refractivity contribution < 1.29 is 4.92 Å². The molecule has 4 heteroatoms. The molecule has 0 atom stereocenters. The lowest BCUT2D eigenvalue weighted by Gasteiger charge is -2.01. The molecule has 0 spiro atoms. The first kappa shape index (κ1) is 10.8. The van der Waals surface area contributed by atoms with Crippen molar-refractivity contribution in [2.24, 2.45) is 0 Å². The second-order valence-corrected chi connectivity index (χ2v) is 3.41. The molecule has 0 fully saturated rings. The van der Waals surface area contributed by atoms with Gasteiger partial charge in [0.25, 0.3) is 5.69 Å². The lowest BCUT2D eigenvalue weighted by Crippen LogP contribution is -1.88. The van der Waals surface area contributed by atoms with Gasteiger partial charge in [0.2, 0.25) is 0 Å². The molecule has 0 saturated carbocycles. The average molecular weight is 223 g/mol. The number of non-ortho nitro benzene ring substituents is 1. The number of hydrogen-bond acceptors (Lipinski definition) is 3. The van der Waals surface area contributed by atoms with Crippen LogP contribution in [0.1, 0.15) is 5.56 Å². The van der Waals surface area contributed by atoms with Crippen LogP contribution in [0, 0.1) is 27.5 Å². The van der Waals surface area contributed by atoms with Crippen molar-refractivity contribution in [1.29, 1.82) is 5.26 Å². The summed E-state index contributed by atoms with van der Waals surface area (Å²) in [6, 6.07) is 16.2. The quantitative estimate of drug-likeness (QED) is 0.580. The standard InChI is InChI=1S/C13H7N2O2/c14-9-10-3-1-4-11(7-10)12-5-2-6-13(8-12)15(16)17/h1-5,7-8H. The Kier molecular flexibility index (Phi) is 2.84. The fraction of sp³-hybridized carbons (Fsp3) is 0. The fourth-order valence-electron chi connectivity index (χ4n) is 1.51. The normalized spacial score (nSPS) is 9.59. The molecule has 2 aromatic carbocycles. The molecule has 0 saturated heterocycles. The summed E-state index contributed by atoms with van der Waals surface area (Å²) in [6.45, 7) is 0. The monoisotopic (exact) mass is 223 g/mol. The minimum Gasteiger partial charge on any atom is -0.258 e. The van der Waals surface area contributed by atoms with E-state index in [4.69, 9.17) is 5.26 Å². The molecule has 0 N–H and O–H groups in total. The zero-order chi connectivity index (χ0) is 12.3. The van der Waals surface area contributed by atoms with Crippen LogP contribution in [0.4, 0.5) is 5.69 Å². The maximum Gasteiger partial charge on any atom is 0.278 e. The lowest BCUT2D eigenvalue weighted by atomic mass is 10.0. The molecule has 0 amide bonds. The van der Waals surface area contributed by atoms with E-state index in [0.717, 1.165) is 5.56 Å². The average Bonchev–Trinajstić information content (AvgIpc) is 2.39. The smallest absolute Gasteiger partial charge is 0.258 e. The zero-order valence-electron chi connectivity index (χ0n) is 8.75. The van der Waals surface area contributed by atoms with Gasteiger partial charge in [0.1, 0.15) is 0 Å². The van der Waals surface area contributed by atoms with Crippen LogP contribution in [-0.4, -0.2) is 4.92 Å². The van der Waals surface area contributed by atoms with Gasteiger partial charge in [-0.25, -0.2) is 0 Å². The molecule has 0 unspecified atom stereocenters. The molecule has 17 heavy (non-hydrogen) atoms. The number of rotatable bonds is 2. The molecular formula is C13H7N2O2. The lowest BCUT2D eigenvalue weighted by molar-refractivity contribution is -0.385. The van der Waals surface area contributed by atoms with Crippen molar-refractivity contribution in [3.05, 3.63) is 64.2 Å². The van der Waals surface area contributed by atoms with Gasteiger partial charge in [-0.3, -0.25) is 10.1 Å². The van der Waals surface area contributed by atoms with Gasteiger partial charge in [0.05, 0.1) is 22.6 Å². The van der Waals surface area contributed by atoms with Gasteiger partial charge in [-0.1, -0.05) is 18.2 Å². The van der Waals surface area contributed by atoms with Crippen molar-refractivity contribution in [1.82, 2.24) is 0 Å². The van der Waals surface area contributed by atoms with E-state index in [2.05, 4.69) is 6.07 Å². The third kappa shape index (κ3) is 2.29. The predicted molar refractivity (Wildman–Crippen MR) is 62.1 cm³/mol. The molecule has 0 aromatic heterocycles. The second kappa shape index (κ2) is 4.45. The maximum atomic E-state index is 10.6. The minimum absolute atomic E-state index is 0.0788. The van der Waals surface area contributed by atoms with Crippen LogP contribution in [-0.2, 0) is 0 Å². The summed E-state index contributed by atoms with van der Waals surface area (Å²) in [6.07, 6.45) is 0. The van der Waals surface area contributed by atoms with Crippen LogP contribution in [0.15, 0.2) is 42.5 Å². The Bertz CT molecular complexity index is 615. The first-order valence-corrected chi connectivity index (χ1v) is 4.87. The van der Waals surface area contributed by atoms with Crippen molar-refractivity contribution in [3.8, 4) is 17.2 Å². The second-order valence-electron chi connectivity index (χ2n) is 3.41. The summed E-state index contributed by atoms with van der Waals surface area (Å²) >= 11 is 0. The van der Waals surface area contributed by atoms with E-state index in [1.807, 2.05) is 6.07 Å². The highest BCUT2D eigenvalue weighted by Gasteiger charge is 2.07. The van der Waals surface area contributed by atoms with Crippen molar-refractivity contribution in [2.45, 2.75) is 0 Å². The van der Waals surface area contributed by atoms with Crippen LogP contribution in [0.25, 0.3) is 11.1 Å². The van der Waals surface area contributed by atoms with Gasteiger partial charge in [0.15, 0.2) is 0 Å². The van der Waals surface area contributed by atoms with Gasteiger partial charge in [-0.05, 0) is 29.3 Å². The molecule has 0 aliphatic heterocycles. The van der Waals surface area contributed by atoms with Crippen LogP contribution < -0.4 is 0 Å². The first-order chi connectivity index (χ1) is 8.20. The Morgan fingerprint density at radius 3 is 2.71 bits per heavy atom. The van der Waals surface area contributed by atoms with Crippen molar-refractivity contribution >= 4 is 5.69 Å². The summed E-state index contributed by atoms with van der Waals surface area (Å²) < 4.78 is 0. The summed E-state index contributed by atoms with van der Waals surface area (Å²) in [5, 5.41) is 19.4. The number of hydrogen-bond donors (Lipinski definition) is 0. The number of benzene rings is 2. The number of nitriles is 1. The Morgan fingerprint density at radius 1 is 1.24 bits per heavy atom.